The average molecular weight is 453 g/mol. The number of anilines is 1. The van der Waals surface area contributed by atoms with Crippen LogP contribution in [0.4, 0.5) is 5.69 Å². The van der Waals surface area contributed by atoms with E-state index in [2.05, 4.69) is 14.8 Å². The first kappa shape index (κ1) is 19.5. The Kier molecular flexibility index (Phi) is 4.63. The van der Waals surface area contributed by atoms with Gasteiger partial charge in [0, 0.05) is 0 Å². The van der Waals surface area contributed by atoms with Gasteiger partial charge in [0.15, 0.2) is 11.6 Å². The number of hydrogen-bond acceptors (Lipinski definition) is 8. The van der Waals surface area contributed by atoms with Crippen LogP contribution >= 0.6 is 22.1 Å². The molecule has 0 unspecified atom stereocenters. The molecular weight excluding hydrogens is 436 g/mol. The van der Waals surface area contributed by atoms with Crippen molar-refractivity contribution in [2.45, 2.75) is 4.90 Å². The molecule has 0 aliphatic carbocycles. The first-order valence-corrected chi connectivity index (χ1v) is 11.5. The minimum Gasteiger partial charge on any atom is -0.505 e. The quantitative estimate of drug-likeness (QED) is 0.340. The summed E-state index contributed by atoms with van der Waals surface area (Å²) in [5.74, 6) is -0.415. The molecule has 1 aliphatic heterocycles. The number of aromatic nitrogens is 1. The van der Waals surface area contributed by atoms with Crippen molar-refractivity contribution < 1.29 is 14.2 Å². The van der Waals surface area contributed by atoms with Crippen molar-refractivity contribution in [3.05, 3.63) is 87.5 Å². The van der Waals surface area contributed by atoms with E-state index in [9.17, 15) is 19.0 Å². The summed E-state index contributed by atoms with van der Waals surface area (Å²) >= 11 is 1.24. The minimum atomic E-state index is -3.55. The van der Waals surface area contributed by atoms with Crippen molar-refractivity contribution in [1.82, 2.24) is 4.68 Å². The average Bonchev–Trinajstić information content (AvgIpc) is 3.24. The standard InChI is InChI=1S/C21H16N4O4S2/c26-18-17(20-23-14-8-4-5-9-16(14)31(28,29)24-20)21(27)25(15-10-11-30-19(15)18)22-12-13-6-2-1-3-7-13/h1-12,26,28-29H,(H,23,24). The molecule has 0 radical (unpaired) electrons. The first-order valence-electron chi connectivity index (χ1n) is 9.15. The van der Waals surface area contributed by atoms with Gasteiger partial charge < -0.3 is 10.4 Å². The Labute approximate surface area is 181 Å². The van der Waals surface area contributed by atoms with E-state index in [0.29, 0.717) is 15.9 Å². The number of pyridine rings is 1. The fourth-order valence-electron chi connectivity index (χ4n) is 3.31. The van der Waals surface area contributed by atoms with Crippen LogP contribution in [0.5, 0.6) is 5.75 Å². The predicted molar refractivity (Wildman–Crippen MR) is 125 cm³/mol. The molecule has 10 heteroatoms. The van der Waals surface area contributed by atoms with Crippen molar-refractivity contribution >= 4 is 50.1 Å². The number of rotatable bonds is 3. The van der Waals surface area contributed by atoms with E-state index in [1.165, 1.54) is 16.0 Å². The fourth-order valence-corrected chi connectivity index (χ4v) is 5.30. The molecule has 2 aromatic heterocycles. The second-order valence-electron chi connectivity index (χ2n) is 6.71. The molecule has 0 bridgehead atoms. The third kappa shape index (κ3) is 3.31. The van der Waals surface area contributed by atoms with Crippen LogP contribution in [0.2, 0.25) is 0 Å². The number of benzene rings is 2. The number of hydrogen-bond donors (Lipinski definition) is 4. The third-order valence-electron chi connectivity index (χ3n) is 4.74. The van der Waals surface area contributed by atoms with Crippen molar-refractivity contribution in [1.29, 1.82) is 0 Å². The molecule has 8 nitrogen and oxygen atoms in total. The van der Waals surface area contributed by atoms with Gasteiger partial charge in [0.05, 0.1) is 22.1 Å². The number of aromatic hydroxyl groups is 1. The third-order valence-corrected chi connectivity index (χ3v) is 7.04. The normalized spacial score (nSPS) is 16.0. The van der Waals surface area contributed by atoms with E-state index < -0.39 is 16.3 Å². The Bertz CT molecular complexity index is 1420. The van der Waals surface area contributed by atoms with Crippen LogP contribution in [-0.2, 0) is 0 Å². The highest BCUT2D eigenvalue weighted by atomic mass is 32.3. The van der Waals surface area contributed by atoms with Crippen molar-refractivity contribution in [3.8, 4) is 5.75 Å². The fraction of sp³-hybridized carbons (Fsp3) is 0. The van der Waals surface area contributed by atoms with E-state index in [1.54, 1.807) is 41.9 Å². The molecule has 0 saturated carbocycles. The molecule has 5 rings (SSSR count). The molecule has 0 saturated heterocycles. The van der Waals surface area contributed by atoms with Gasteiger partial charge in [-0.15, -0.1) is 15.7 Å². The summed E-state index contributed by atoms with van der Waals surface area (Å²) in [4.78, 5) is 13.6. The summed E-state index contributed by atoms with van der Waals surface area (Å²) in [5, 5.41) is 19.9. The summed E-state index contributed by atoms with van der Waals surface area (Å²) in [5.41, 5.74) is 0.804. The Hall–Kier alpha value is -3.44. The summed E-state index contributed by atoms with van der Waals surface area (Å²) in [6, 6.07) is 17.5. The maximum Gasteiger partial charge on any atom is 0.286 e. The number of thiophene rings is 1. The van der Waals surface area contributed by atoms with Gasteiger partial charge in [-0.3, -0.25) is 13.9 Å². The van der Waals surface area contributed by atoms with Crippen LogP contribution in [0.25, 0.3) is 10.2 Å². The number of amidine groups is 1. The highest BCUT2D eigenvalue weighted by molar-refractivity contribution is 8.23. The van der Waals surface area contributed by atoms with Crippen molar-refractivity contribution in [3.63, 3.8) is 0 Å². The van der Waals surface area contributed by atoms with Gasteiger partial charge in [0.1, 0.15) is 10.5 Å². The lowest BCUT2D eigenvalue weighted by Gasteiger charge is -2.34. The molecule has 4 aromatic rings. The van der Waals surface area contributed by atoms with Gasteiger partial charge in [0.2, 0.25) is 0 Å². The van der Waals surface area contributed by atoms with Crippen LogP contribution in [0.15, 0.2) is 85.2 Å². The van der Waals surface area contributed by atoms with E-state index in [1.807, 2.05) is 30.3 Å². The van der Waals surface area contributed by atoms with Gasteiger partial charge in [-0.05, 0) is 29.1 Å². The van der Waals surface area contributed by atoms with Crippen LogP contribution in [-0.4, -0.2) is 30.9 Å². The van der Waals surface area contributed by atoms with Gasteiger partial charge in [0.25, 0.3) is 5.56 Å². The number of nitrogens with one attached hydrogen (secondary N) is 1. The van der Waals surface area contributed by atoms with Crippen LogP contribution in [0.1, 0.15) is 11.1 Å². The Morgan fingerprint density at radius 1 is 1.06 bits per heavy atom. The highest BCUT2D eigenvalue weighted by Gasteiger charge is 2.30. The van der Waals surface area contributed by atoms with E-state index in [0.717, 1.165) is 5.56 Å². The lowest BCUT2D eigenvalue weighted by Crippen LogP contribution is -2.30. The zero-order chi connectivity index (χ0) is 21.6. The smallest absolute Gasteiger partial charge is 0.286 e. The molecule has 31 heavy (non-hydrogen) atoms. The summed E-state index contributed by atoms with van der Waals surface area (Å²) in [6.07, 6.45) is 1.54. The van der Waals surface area contributed by atoms with Gasteiger partial charge >= 0.3 is 0 Å². The molecule has 1 aliphatic rings. The molecule has 4 N–H and O–H groups in total. The van der Waals surface area contributed by atoms with E-state index in [-0.39, 0.29) is 22.0 Å². The SMILES string of the molecule is O=c1c(C2=NS(O)(O)c3ccccc3N2)c(O)c2sccc2n1N=Cc1ccccc1. The van der Waals surface area contributed by atoms with Gasteiger partial charge in [-0.2, -0.15) is 9.78 Å². The zero-order valence-corrected chi connectivity index (χ0v) is 17.5. The van der Waals surface area contributed by atoms with Crippen LogP contribution < -0.4 is 10.9 Å². The summed E-state index contributed by atoms with van der Waals surface area (Å²) in [7, 11) is -3.55. The molecule has 0 amide bonds. The molecular formula is C21H16N4O4S2. The van der Waals surface area contributed by atoms with Crippen LogP contribution in [0, 0.1) is 0 Å². The molecule has 156 valence electrons. The first-order chi connectivity index (χ1) is 15.0. The predicted octanol–water partition coefficient (Wildman–Crippen LogP) is 4.55. The maximum atomic E-state index is 13.4. The largest absolute Gasteiger partial charge is 0.505 e. The second kappa shape index (κ2) is 7.36. The number of para-hydroxylation sites is 1. The molecule has 0 spiro atoms. The number of fused-ring (bicyclic) bond motifs is 2. The van der Waals surface area contributed by atoms with Crippen molar-refractivity contribution in [2.75, 3.05) is 5.32 Å². The Morgan fingerprint density at radius 3 is 2.61 bits per heavy atom. The summed E-state index contributed by atoms with van der Waals surface area (Å²) in [6.45, 7) is 0. The molecule has 0 atom stereocenters. The van der Waals surface area contributed by atoms with Gasteiger partial charge in [-0.1, -0.05) is 53.2 Å². The topological polar surface area (TPSA) is 119 Å². The Morgan fingerprint density at radius 2 is 1.81 bits per heavy atom. The molecule has 3 heterocycles. The second-order valence-corrected chi connectivity index (χ2v) is 9.29. The summed E-state index contributed by atoms with van der Waals surface area (Å²) < 4.78 is 26.6. The van der Waals surface area contributed by atoms with Crippen molar-refractivity contribution in [2.24, 2.45) is 9.50 Å². The Balaban J connectivity index is 1.71. The minimum absolute atomic E-state index is 0.125. The lowest BCUT2D eigenvalue weighted by atomic mass is 10.2. The maximum absolute atomic E-state index is 13.4. The van der Waals surface area contributed by atoms with Crippen LogP contribution in [0.3, 0.4) is 0 Å². The monoisotopic (exact) mass is 452 g/mol. The zero-order valence-electron chi connectivity index (χ0n) is 15.8. The number of nitrogens with zero attached hydrogens (tertiary/aromatic N) is 3. The lowest BCUT2D eigenvalue weighted by molar-refractivity contribution is 0.479. The van der Waals surface area contributed by atoms with Gasteiger partial charge in [-0.25, -0.2) is 0 Å². The van der Waals surface area contributed by atoms with E-state index in [4.69, 9.17) is 0 Å². The highest BCUT2D eigenvalue weighted by Crippen LogP contribution is 2.55. The molecule has 0 fully saturated rings. The molecule has 2 aromatic carbocycles. The van der Waals surface area contributed by atoms with E-state index >= 15 is 0 Å².